The number of hydrogen-bond donors (Lipinski definition) is 2. The molecule has 0 amide bonds. The van der Waals surface area contributed by atoms with Gasteiger partial charge in [0.15, 0.2) is 0 Å². The Morgan fingerprint density at radius 1 is 1.50 bits per heavy atom. The molecule has 1 rings (SSSR count). The Balaban J connectivity index is 2.72. The van der Waals surface area contributed by atoms with Crippen molar-refractivity contribution in [2.45, 2.75) is 36.5 Å². The number of rotatable bonds is 6. The molecule has 0 saturated carbocycles. The minimum Gasteiger partial charge on any atom is -0.480 e. The normalized spacial score (nSPS) is 12.4. The van der Waals surface area contributed by atoms with Crippen molar-refractivity contribution < 1.29 is 15.0 Å². The van der Waals surface area contributed by atoms with Gasteiger partial charge in [-0.2, -0.15) is 0 Å². The summed E-state index contributed by atoms with van der Waals surface area (Å²) in [5, 5.41) is 17.6. The van der Waals surface area contributed by atoms with Crippen molar-refractivity contribution in [2.24, 2.45) is 0 Å². The molecule has 3 nitrogen and oxygen atoms in total. The van der Waals surface area contributed by atoms with Gasteiger partial charge in [-0.1, -0.05) is 25.5 Å². The summed E-state index contributed by atoms with van der Waals surface area (Å²) < 4.78 is 0. The largest absolute Gasteiger partial charge is 0.480 e. The lowest BCUT2D eigenvalue weighted by molar-refractivity contribution is -0.136. The molecule has 1 aromatic rings. The van der Waals surface area contributed by atoms with E-state index in [-0.39, 0.29) is 6.61 Å². The molecule has 1 atom stereocenters. The smallest absolute Gasteiger partial charge is 0.316 e. The van der Waals surface area contributed by atoms with E-state index in [9.17, 15) is 4.79 Å². The first-order valence-corrected chi connectivity index (χ1v) is 6.14. The Kier molecular flexibility index (Phi) is 5.35. The zero-order valence-electron chi connectivity index (χ0n) is 9.22. The van der Waals surface area contributed by atoms with Crippen molar-refractivity contribution in [1.82, 2.24) is 0 Å². The van der Waals surface area contributed by atoms with Crippen LogP contribution in [0.2, 0.25) is 0 Å². The number of carboxylic acid groups (broad SMARTS) is 1. The molecule has 88 valence electrons. The molecule has 0 heterocycles. The van der Waals surface area contributed by atoms with E-state index in [4.69, 9.17) is 10.2 Å². The molecular weight excluding hydrogens is 224 g/mol. The summed E-state index contributed by atoms with van der Waals surface area (Å²) in [6.07, 6.45) is 1.51. The van der Waals surface area contributed by atoms with Crippen LogP contribution in [-0.2, 0) is 11.4 Å². The van der Waals surface area contributed by atoms with Gasteiger partial charge in [-0.3, -0.25) is 4.79 Å². The van der Waals surface area contributed by atoms with Gasteiger partial charge in [0.05, 0.1) is 6.61 Å². The van der Waals surface area contributed by atoms with Crippen molar-refractivity contribution in [3.63, 3.8) is 0 Å². The molecule has 0 spiro atoms. The van der Waals surface area contributed by atoms with Crippen molar-refractivity contribution >= 4 is 17.7 Å². The number of benzene rings is 1. The number of aliphatic hydroxyl groups excluding tert-OH is 1. The van der Waals surface area contributed by atoms with E-state index in [0.29, 0.717) is 6.42 Å². The molecular formula is C12H16O3S. The molecule has 1 unspecified atom stereocenters. The molecule has 1 aromatic carbocycles. The average molecular weight is 240 g/mol. The van der Waals surface area contributed by atoms with Crippen molar-refractivity contribution in [2.75, 3.05) is 0 Å². The molecule has 0 fully saturated rings. The molecule has 0 saturated heterocycles. The molecule has 16 heavy (non-hydrogen) atoms. The van der Waals surface area contributed by atoms with Crippen LogP contribution in [0.1, 0.15) is 25.3 Å². The predicted octanol–water partition coefficient (Wildman–Crippen LogP) is 2.52. The summed E-state index contributed by atoms with van der Waals surface area (Å²) >= 11 is 1.34. The van der Waals surface area contributed by atoms with Gasteiger partial charge < -0.3 is 10.2 Å². The van der Waals surface area contributed by atoms with Crippen LogP contribution in [0.5, 0.6) is 0 Å². The number of hydrogen-bond acceptors (Lipinski definition) is 3. The Morgan fingerprint density at radius 2 is 2.25 bits per heavy atom. The first-order chi connectivity index (χ1) is 7.67. The Labute approximate surface area is 99.5 Å². The van der Waals surface area contributed by atoms with Crippen molar-refractivity contribution in [1.29, 1.82) is 0 Å². The number of carboxylic acids is 1. The molecule has 2 N–H and O–H groups in total. The molecule has 0 aliphatic rings. The minimum absolute atomic E-state index is 0.0140. The zero-order valence-corrected chi connectivity index (χ0v) is 10.0. The van der Waals surface area contributed by atoms with E-state index in [1.54, 1.807) is 0 Å². The summed E-state index contributed by atoms with van der Waals surface area (Å²) in [5.74, 6) is -0.777. The highest BCUT2D eigenvalue weighted by molar-refractivity contribution is 8.00. The second-order valence-corrected chi connectivity index (χ2v) is 4.82. The quantitative estimate of drug-likeness (QED) is 0.750. The van der Waals surface area contributed by atoms with Crippen LogP contribution in [0.4, 0.5) is 0 Å². The monoisotopic (exact) mass is 240 g/mol. The number of carbonyl (C=O) groups is 1. The summed E-state index contributed by atoms with van der Waals surface area (Å²) in [4.78, 5) is 11.9. The topological polar surface area (TPSA) is 57.5 Å². The van der Waals surface area contributed by atoms with Gasteiger partial charge in [0, 0.05) is 4.90 Å². The van der Waals surface area contributed by atoms with E-state index in [1.165, 1.54) is 11.8 Å². The van der Waals surface area contributed by atoms with E-state index >= 15 is 0 Å². The van der Waals surface area contributed by atoms with Gasteiger partial charge in [0.1, 0.15) is 5.25 Å². The van der Waals surface area contributed by atoms with E-state index in [1.807, 2.05) is 31.2 Å². The third kappa shape index (κ3) is 3.87. The predicted molar refractivity (Wildman–Crippen MR) is 64.6 cm³/mol. The van der Waals surface area contributed by atoms with Gasteiger partial charge in [-0.15, -0.1) is 11.8 Å². The zero-order chi connectivity index (χ0) is 12.0. The Morgan fingerprint density at radius 3 is 2.81 bits per heavy atom. The standard InChI is InChI=1S/C12H16O3S/c1-2-4-11(12(14)15)16-10-6-3-5-9(7-10)8-13/h3,5-7,11,13H,2,4,8H2,1H3,(H,14,15). The fourth-order valence-corrected chi connectivity index (χ4v) is 2.54. The third-order valence-electron chi connectivity index (χ3n) is 2.19. The highest BCUT2D eigenvalue weighted by Gasteiger charge is 2.17. The van der Waals surface area contributed by atoms with Crippen LogP contribution < -0.4 is 0 Å². The first-order valence-electron chi connectivity index (χ1n) is 5.26. The SMILES string of the molecule is CCCC(Sc1cccc(CO)c1)C(=O)O. The highest BCUT2D eigenvalue weighted by Crippen LogP contribution is 2.27. The van der Waals surface area contributed by atoms with Crippen LogP contribution in [0, 0.1) is 0 Å². The minimum atomic E-state index is -0.777. The van der Waals surface area contributed by atoms with E-state index in [2.05, 4.69) is 0 Å². The average Bonchev–Trinajstić information content (AvgIpc) is 2.28. The Bertz CT molecular complexity index is 352. The van der Waals surface area contributed by atoms with Gasteiger partial charge in [-0.25, -0.2) is 0 Å². The fourth-order valence-electron chi connectivity index (χ4n) is 1.38. The lowest BCUT2D eigenvalue weighted by Gasteiger charge is -2.11. The van der Waals surface area contributed by atoms with Crippen LogP contribution in [0.25, 0.3) is 0 Å². The lowest BCUT2D eigenvalue weighted by atomic mass is 10.2. The van der Waals surface area contributed by atoms with Crippen LogP contribution in [0.15, 0.2) is 29.2 Å². The summed E-state index contributed by atoms with van der Waals surface area (Å²) in [6, 6.07) is 7.35. The maximum atomic E-state index is 11.0. The van der Waals surface area contributed by atoms with Crippen molar-refractivity contribution in [3.8, 4) is 0 Å². The van der Waals surface area contributed by atoms with Crippen LogP contribution >= 0.6 is 11.8 Å². The first kappa shape index (κ1) is 13.1. The van der Waals surface area contributed by atoms with E-state index in [0.717, 1.165) is 16.9 Å². The maximum Gasteiger partial charge on any atom is 0.316 e. The molecule has 0 aliphatic heterocycles. The maximum absolute atomic E-state index is 11.0. The number of thioether (sulfide) groups is 1. The van der Waals surface area contributed by atoms with Gasteiger partial charge in [0.25, 0.3) is 0 Å². The molecule has 0 aromatic heterocycles. The molecule has 0 aliphatic carbocycles. The van der Waals surface area contributed by atoms with Gasteiger partial charge in [-0.05, 0) is 24.1 Å². The van der Waals surface area contributed by atoms with E-state index < -0.39 is 11.2 Å². The number of aliphatic carboxylic acids is 1. The molecule has 4 heteroatoms. The number of aliphatic hydroxyl groups is 1. The Hall–Kier alpha value is -1.00. The fraction of sp³-hybridized carbons (Fsp3) is 0.417. The second-order valence-electron chi connectivity index (χ2n) is 3.54. The molecule has 0 radical (unpaired) electrons. The van der Waals surface area contributed by atoms with Crippen LogP contribution in [-0.4, -0.2) is 21.4 Å². The van der Waals surface area contributed by atoms with Gasteiger partial charge in [0.2, 0.25) is 0 Å². The molecule has 0 bridgehead atoms. The third-order valence-corrected chi connectivity index (χ3v) is 3.43. The second kappa shape index (κ2) is 6.55. The van der Waals surface area contributed by atoms with Crippen molar-refractivity contribution in [3.05, 3.63) is 29.8 Å². The van der Waals surface area contributed by atoms with Crippen LogP contribution in [0.3, 0.4) is 0 Å². The summed E-state index contributed by atoms with van der Waals surface area (Å²) in [7, 11) is 0. The summed E-state index contributed by atoms with van der Waals surface area (Å²) in [6.45, 7) is 1.96. The lowest BCUT2D eigenvalue weighted by Crippen LogP contribution is -2.15. The van der Waals surface area contributed by atoms with Gasteiger partial charge >= 0.3 is 5.97 Å². The summed E-state index contributed by atoms with van der Waals surface area (Å²) in [5.41, 5.74) is 0.811. The highest BCUT2D eigenvalue weighted by atomic mass is 32.2.